The largest absolute Gasteiger partial charge is 0.478 e. The van der Waals surface area contributed by atoms with Gasteiger partial charge in [0.05, 0.1) is 0 Å². The fourth-order valence-corrected chi connectivity index (χ4v) is 1.36. The molecule has 0 aromatic heterocycles. The number of hydrogen-bond donors (Lipinski definition) is 1. The maximum Gasteiger partial charge on any atom is 0.332 e. The first-order chi connectivity index (χ1) is 7.30. The van der Waals surface area contributed by atoms with E-state index in [1.54, 1.807) is 12.1 Å². The van der Waals surface area contributed by atoms with E-state index < -0.39 is 11.4 Å². The number of aliphatic carboxylic acids is 1. The van der Waals surface area contributed by atoms with Crippen molar-refractivity contribution in [2.24, 2.45) is 5.41 Å². The highest BCUT2D eigenvalue weighted by atomic mass is 19.1. The number of rotatable bonds is 2. The second-order valence-corrected chi connectivity index (χ2v) is 4.67. The van der Waals surface area contributed by atoms with E-state index >= 15 is 0 Å². The molecule has 0 unspecified atom stereocenters. The van der Waals surface area contributed by atoms with Crippen molar-refractivity contribution >= 4 is 12.0 Å². The number of halogens is 1. The van der Waals surface area contributed by atoms with Crippen LogP contribution in [-0.2, 0) is 4.79 Å². The molecule has 0 aliphatic rings. The van der Waals surface area contributed by atoms with Gasteiger partial charge in [-0.2, -0.15) is 0 Å². The van der Waals surface area contributed by atoms with Gasteiger partial charge in [-0.1, -0.05) is 32.9 Å². The summed E-state index contributed by atoms with van der Waals surface area (Å²) >= 11 is 0. The summed E-state index contributed by atoms with van der Waals surface area (Å²) in [6, 6.07) is 5.88. The zero-order valence-corrected chi connectivity index (χ0v) is 9.62. The number of carboxylic acids is 1. The van der Waals surface area contributed by atoms with E-state index in [-0.39, 0.29) is 11.4 Å². The summed E-state index contributed by atoms with van der Waals surface area (Å²) in [5, 5.41) is 9.08. The van der Waals surface area contributed by atoms with Gasteiger partial charge in [-0.15, -0.1) is 0 Å². The van der Waals surface area contributed by atoms with Gasteiger partial charge in [0.25, 0.3) is 0 Å². The van der Waals surface area contributed by atoms with Gasteiger partial charge in [-0.05, 0) is 29.2 Å². The SMILES string of the molecule is CC(C)(C)C(=Cc1cccc(F)c1)C(=O)O. The van der Waals surface area contributed by atoms with E-state index in [9.17, 15) is 9.18 Å². The molecule has 16 heavy (non-hydrogen) atoms. The minimum Gasteiger partial charge on any atom is -0.478 e. The third kappa shape index (κ3) is 3.19. The van der Waals surface area contributed by atoms with Crippen molar-refractivity contribution in [1.29, 1.82) is 0 Å². The molecule has 1 N–H and O–H groups in total. The molecule has 0 amide bonds. The smallest absolute Gasteiger partial charge is 0.332 e. The van der Waals surface area contributed by atoms with Crippen LogP contribution in [0.5, 0.6) is 0 Å². The molecule has 0 heterocycles. The lowest BCUT2D eigenvalue weighted by molar-refractivity contribution is -0.133. The molecule has 0 radical (unpaired) electrons. The summed E-state index contributed by atoms with van der Waals surface area (Å²) in [6.07, 6.45) is 1.51. The molecular formula is C13H15FO2. The van der Waals surface area contributed by atoms with Crippen molar-refractivity contribution < 1.29 is 14.3 Å². The monoisotopic (exact) mass is 222 g/mol. The van der Waals surface area contributed by atoms with E-state index in [1.807, 2.05) is 20.8 Å². The Morgan fingerprint density at radius 3 is 2.44 bits per heavy atom. The molecule has 0 saturated carbocycles. The number of carbonyl (C=O) groups is 1. The Morgan fingerprint density at radius 2 is 2.00 bits per heavy atom. The first-order valence-corrected chi connectivity index (χ1v) is 5.02. The molecular weight excluding hydrogens is 207 g/mol. The standard InChI is InChI=1S/C13H15FO2/c1-13(2,3)11(12(15)16)8-9-5-4-6-10(14)7-9/h4-8H,1-3H3,(H,15,16). The lowest BCUT2D eigenvalue weighted by Gasteiger charge is -2.19. The Labute approximate surface area is 94.4 Å². The molecule has 86 valence electrons. The van der Waals surface area contributed by atoms with Gasteiger partial charge in [0.1, 0.15) is 5.82 Å². The second kappa shape index (κ2) is 4.47. The minimum atomic E-state index is -0.975. The Hall–Kier alpha value is -1.64. The van der Waals surface area contributed by atoms with Crippen LogP contribution in [0.2, 0.25) is 0 Å². The first-order valence-electron chi connectivity index (χ1n) is 5.02. The molecule has 0 atom stereocenters. The van der Waals surface area contributed by atoms with Crippen LogP contribution in [0.4, 0.5) is 4.39 Å². The summed E-state index contributed by atoms with van der Waals surface area (Å²) in [4.78, 5) is 11.1. The number of benzene rings is 1. The Balaban J connectivity index is 3.18. The van der Waals surface area contributed by atoms with Crippen molar-refractivity contribution in [2.75, 3.05) is 0 Å². The van der Waals surface area contributed by atoms with Crippen LogP contribution < -0.4 is 0 Å². The molecule has 0 spiro atoms. The zero-order chi connectivity index (χ0) is 12.3. The van der Waals surface area contributed by atoms with Gasteiger partial charge in [0.2, 0.25) is 0 Å². The van der Waals surface area contributed by atoms with Crippen molar-refractivity contribution in [3.63, 3.8) is 0 Å². The maximum absolute atomic E-state index is 12.9. The zero-order valence-electron chi connectivity index (χ0n) is 9.62. The van der Waals surface area contributed by atoms with E-state index in [0.29, 0.717) is 5.56 Å². The molecule has 0 fully saturated rings. The summed E-state index contributed by atoms with van der Waals surface area (Å²) < 4.78 is 12.9. The van der Waals surface area contributed by atoms with Crippen LogP contribution in [0.1, 0.15) is 26.3 Å². The minimum absolute atomic E-state index is 0.262. The second-order valence-electron chi connectivity index (χ2n) is 4.67. The Kier molecular flexibility index (Phi) is 3.48. The van der Waals surface area contributed by atoms with Crippen LogP contribution in [0.15, 0.2) is 29.8 Å². The normalized spacial score (nSPS) is 12.6. The van der Waals surface area contributed by atoms with Gasteiger partial charge in [0.15, 0.2) is 0 Å². The van der Waals surface area contributed by atoms with Gasteiger partial charge in [-0.3, -0.25) is 0 Å². The van der Waals surface area contributed by atoms with Crippen molar-refractivity contribution in [3.05, 3.63) is 41.2 Å². The molecule has 1 rings (SSSR count). The highest BCUT2D eigenvalue weighted by Crippen LogP contribution is 2.27. The van der Waals surface area contributed by atoms with E-state index in [4.69, 9.17) is 5.11 Å². The van der Waals surface area contributed by atoms with Crippen LogP contribution in [0.3, 0.4) is 0 Å². The molecule has 0 aliphatic heterocycles. The summed E-state index contributed by atoms with van der Waals surface area (Å²) in [6.45, 7) is 5.44. The third-order valence-electron chi connectivity index (χ3n) is 2.20. The molecule has 3 heteroatoms. The molecule has 0 aliphatic carbocycles. The van der Waals surface area contributed by atoms with Gasteiger partial charge in [0, 0.05) is 5.57 Å². The van der Waals surface area contributed by atoms with Gasteiger partial charge in [-0.25, -0.2) is 9.18 Å². The van der Waals surface area contributed by atoms with Crippen molar-refractivity contribution in [2.45, 2.75) is 20.8 Å². The van der Waals surface area contributed by atoms with E-state index in [0.717, 1.165) is 0 Å². The van der Waals surface area contributed by atoms with Crippen molar-refractivity contribution in [1.82, 2.24) is 0 Å². The summed E-state index contributed by atoms with van der Waals surface area (Å²) in [7, 11) is 0. The quantitative estimate of drug-likeness (QED) is 0.779. The van der Waals surface area contributed by atoms with Crippen LogP contribution in [0, 0.1) is 11.2 Å². The highest BCUT2D eigenvalue weighted by molar-refractivity contribution is 5.93. The summed E-state index contributed by atoms with van der Waals surface area (Å²) in [5.74, 6) is -1.34. The van der Waals surface area contributed by atoms with Crippen LogP contribution in [-0.4, -0.2) is 11.1 Å². The Bertz CT molecular complexity index is 428. The Morgan fingerprint density at radius 1 is 1.38 bits per heavy atom. The van der Waals surface area contributed by atoms with E-state index in [1.165, 1.54) is 18.2 Å². The predicted octanol–water partition coefficient (Wildman–Crippen LogP) is 3.34. The van der Waals surface area contributed by atoms with Gasteiger partial charge >= 0.3 is 5.97 Å². The lowest BCUT2D eigenvalue weighted by Crippen LogP contribution is -2.17. The molecule has 2 nitrogen and oxygen atoms in total. The molecule has 1 aromatic rings. The molecule has 0 saturated heterocycles. The van der Waals surface area contributed by atoms with Crippen LogP contribution >= 0.6 is 0 Å². The van der Waals surface area contributed by atoms with Crippen LogP contribution in [0.25, 0.3) is 6.08 Å². The highest BCUT2D eigenvalue weighted by Gasteiger charge is 2.23. The summed E-state index contributed by atoms with van der Waals surface area (Å²) in [5.41, 5.74) is 0.350. The predicted molar refractivity (Wildman–Crippen MR) is 61.5 cm³/mol. The fraction of sp³-hybridized carbons (Fsp3) is 0.308. The van der Waals surface area contributed by atoms with Gasteiger partial charge < -0.3 is 5.11 Å². The average Bonchev–Trinajstić information content (AvgIpc) is 2.12. The average molecular weight is 222 g/mol. The van der Waals surface area contributed by atoms with E-state index in [2.05, 4.69) is 0 Å². The fourth-order valence-electron chi connectivity index (χ4n) is 1.36. The topological polar surface area (TPSA) is 37.3 Å². The lowest BCUT2D eigenvalue weighted by atomic mass is 9.85. The number of hydrogen-bond acceptors (Lipinski definition) is 1. The number of carboxylic acid groups (broad SMARTS) is 1. The molecule has 0 bridgehead atoms. The third-order valence-corrected chi connectivity index (χ3v) is 2.20. The molecule has 1 aromatic carbocycles. The van der Waals surface area contributed by atoms with Crippen molar-refractivity contribution in [3.8, 4) is 0 Å². The maximum atomic E-state index is 12.9. The first kappa shape index (κ1) is 12.4.